The Morgan fingerprint density at radius 2 is 1.82 bits per heavy atom. The maximum atomic E-state index is 13.0. The fraction of sp³-hybridized carbons (Fsp3) is 0.500. The number of aromatic nitrogens is 2. The first-order valence-electron chi connectivity index (χ1n) is 9.60. The number of hydrogen-bond donors (Lipinski definition) is 0. The Labute approximate surface area is 166 Å². The molecule has 1 aromatic carbocycles. The summed E-state index contributed by atoms with van der Waals surface area (Å²) in [5.41, 5.74) is 1.83. The van der Waals surface area contributed by atoms with E-state index in [1.54, 1.807) is 40.2 Å². The molecule has 28 heavy (non-hydrogen) atoms. The average molecular weight is 403 g/mol. The smallest absolute Gasteiger partial charge is 0.246 e. The summed E-state index contributed by atoms with van der Waals surface area (Å²) in [6.45, 7) is 5.82. The first-order valence-corrected chi connectivity index (χ1v) is 11.0. The number of rotatable bonds is 7. The molecule has 3 rings (SSSR count). The summed E-state index contributed by atoms with van der Waals surface area (Å²) in [5, 5.41) is 13.3. The van der Waals surface area contributed by atoms with Gasteiger partial charge in [-0.2, -0.15) is 14.7 Å². The summed E-state index contributed by atoms with van der Waals surface area (Å²) in [4.78, 5) is 0.349. The molecule has 1 fully saturated rings. The van der Waals surface area contributed by atoms with E-state index in [-0.39, 0.29) is 0 Å². The molecule has 2 heterocycles. The largest absolute Gasteiger partial charge is 0.494 e. The SMILES string of the molecule is Cc1nn(CCCOc2ccc(C#N)cc2)c(C)c1S(=O)(=O)N1CCCCC1. The van der Waals surface area contributed by atoms with Gasteiger partial charge in [-0.05, 0) is 51.0 Å². The summed E-state index contributed by atoms with van der Waals surface area (Å²) >= 11 is 0. The zero-order valence-corrected chi connectivity index (χ0v) is 17.2. The molecular weight excluding hydrogens is 376 g/mol. The summed E-state index contributed by atoms with van der Waals surface area (Å²) in [6, 6.07) is 9.04. The van der Waals surface area contributed by atoms with Gasteiger partial charge in [0.05, 0.1) is 29.6 Å². The molecule has 0 amide bonds. The maximum Gasteiger partial charge on any atom is 0.246 e. The van der Waals surface area contributed by atoms with Crippen molar-refractivity contribution in [3.8, 4) is 11.8 Å². The Morgan fingerprint density at radius 1 is 1.14 bits per heavy atom. The average Bonchev–Trinajstić information content (AvgIpc) is 3.00. The third-order valence-corrected chi connectivity index (χ3v) is 7.15. The van der Waals surface area contributed by atoms with E-state index >= 15 is 0 Å². The molecule has 2 aromatic rings. The van der Waals surface area contributed by atoms with Crippen LogP contribution < -0.4 is 4.74 Å². The van der Waals surface area contributed by atoms with Gasteiger partial charge in [0.2, 0.25) is 10.0 Å². The van der Waals surface area contributed by atoms with Crippen molar-refractivity contribution >= 4 is 10.0 Å². The van der Waals surface area contributed by atoms with Gasteiger partial charge >= 0.3 is 0 Å². The highest BCUT2D eigenvalue weighted by molar-refractivity contribution is 7.89. The molecular formula is C20H26N4O3S. The topological polar surface area (TPSA) is 88.2 Å². The second kappa shape index (κ2) is 8.76. The number of sulfonamides is 1. The van der Waals surface area contributed by atoms with Gasteiger partial charge in [-0.25, -0.2) is 8.42 Å². The molecule has 7 nitrogen and oxygen atoms in total. The summed E-state index contributed by atoms with van der Waals surface area (Å²) in [6.07, 6.45) is 3.62. The predicted molar refractivity (Wildman–Crippen MR) is 106 cm³/mol. The Balaban J connectivity index is 1.62. The predicted octanol–water partition coefficient (Wildman–Crippen LogP) is 3.02. The Kier molecular flexibility index (Phi) is 6.37. The number of piperidine rings is 1. The minimum atomic E-state index is -3.49. The van der Waals surface area contributed by atoms with Gasteiger partial charge in [0.1, 0.15) is 10.6 Å². The zero-order chi connectivity index (χ0) is 20.1. The van der Waals surface area contributed by atoms with Crippen LogP contribution in [0.1, 0.15) is 42.6 Å². The summed E-state index contributed by atoms with van der Waals surface area (Å²) in [7, 11) is -3.49. The number of ether oxygens (including phenoxy) is 1. The van der Waals surface area contributed by atoms with Crippen LogP contribution >= 0.6 is 0 Å². The molecule has 0 atom stereocenters. The quantitative estimate of drug-likeness (QED) is 0.664. The Bertz CT molecular complexity index is 953. The fourth-order valence-electron chi connectivity index (χ4n) is 3.54. The van der Waals surface area contributed by atoms with Crippen LogP contribution in [0, 0.1) is 25.2 Å². The minimum absolute atomic E-state index is 0.349. The van der Waals surface area contributed by atoms with Crippen LogP contribution in [0.4, 0.5) is 0 Å². The van der Waals surface area contributed by atoms with Gasteiger partial charge in [-0.3, -0.25) is 4.68 Å². The van der Waals surface area contributed by atoms with E-state index < -0.39 is 10.0 Å². The molecule has 1 aromatic heterocycles. The molecule has 0 radical (unpaired) electrons. The van der Waals surface area contributed by atoms with Crippen molar-refractivity contribution in [1.82, 2.24) is 14.1 Å². The van der Waals surface area contributed by atoms with Crippen molar-refractivity contribution in [2.45, 2.75) is 51.0 Å². The van der Waals surface area contributed by atoms with E-state index in [9.17, 15) is 8.42 Å². The van der Waals surface area contributed by atoms with E-state index in [1.807, 2.05) is 6.92 Å². The molecule has 150 valence electrons. The zero-order valence-electron chi connectivity index (χ0n) is 16.4. The molecule has 0 unspecified atom stereocenters. The number of aryl methyl sites for hydroxylation is 2. The Morgan fingerprint density at radius 3 is 2.46 bits per heavy atom. The first kappa shape index (κ1) is 20.4. The second-order valence-electron chi connectivity index (χ2n) is 7.03. The third kappa shape index (κ3) is 4.37. The lowest BCUT2D eigenvalue weighted by Crippen LogP contribution is -2.36. The normalized spacial score (nSPS) is 15.3. The molecule has 1 aliphatic heterocycles. The van der Waals surface area contributed by atoms with Gasteiger partial charge in [0.25, 0.3) is 0 Å². The molecule has 8 heteroatoms. The van der Waals surface area contributed by atoms with Crippen molar-refractivity contribution in [3.05, 3.63) is 41.2 Å². The highest BCUT2D eigenvalue weighted by Gasteiger charge is 2.31. The van der Waals surface area contributed by atoms with E-state index in [0.717, 1.165) is 19.3 Å². The number of nitrogens with zero attached hydrogens (tertiary/aromatic N) is 4. The first-order chi connectivity index (χ1) is 13.4. The van der Waals surface area contributed by atoms with E-state index in [4.69, 9.17) is 10.00 Å². The Hall–Kier alpha value is -2.37. The van der Waals surface area contributed by atoms with Gasteiger partial charge in [0, 0.05) is 26.1 Å². The van der Waals surface area contributed by atoms with Gasteiger partial charge in [0.15, 0.2) is 0 Å². The number of benzene rings is 1. The van der Waals surface area contributed by atoms with Crippen LogP contribution in [0.3, 0.4) is 0 Å². The van der Waals surface area contributed by atoms with Gasteiger partial charge in [-0.1, -0.05) is 6.42 Å². The third-order valence-electron chi connectivity index (χ3n) is 4.99. The number of nitriles is 1. The van der Waals surface area contributed by atoms with Crippen LogP contribution in [-0.2, 0) is 16.6 Å². The van der Waals surface area contributed by atoms with Gasteiger partial charge < -0.3 is 4.74 Å². The van der Waals surface area contributed by atoms with Crippen molar-refractivity contribution in [3.63, 3.8) is 0 Å². The monoisotopic (exact) mass is 402 g/mol. The minimum Gasteiger partial charge on any atom is -0.494 e. The van der Waals surface area contributed by atoms with Crippen LogP contribution in [0.15, 0.2) is 29.2 Å². The van der Waals surface area contributed by atoms with Crippen molar-refractivity contribution < 1.29 is 13.2 Å². The standard InChI is InChI=1S/C20H26N4O3S/c1-16-20(28(25,26)23-11-4-3-5-12-23)17(2)24(22-16)13-6-14-27-19-9-7-18(15-21)8-10-19/h7-10H,3-6,11-14H2,1-2H3. The lowest BCUT2D eigenvalue weighted by molar-refractivity contribution is 0.297. The van der Waals surface area contributed by atoms with Crippen LogP contribution in [-0.4, -0.2) is 42.2 Å². The van der Waals surface area contributed by atoms with E-state index in [1.165, 1.54) is 0 Å². The lowest BCUT2D eigenvalue weighted by atomic mass is 10.2. The molecule has 1 saturated heterocycles. The van der Waals surface area contributed by atoms with E-state index in [2.05, 4.69) is 11.2 Å². The molecule has 0 saturated carbocycles. The second-order valence-corrected chi connectivity index (χ2v) is 8.90. The molecule has 0 bridgehead atoms. The van der Waals surface area contributed by atoms with Crippen LogP contribution in [0.25, 0.3) is 0 Å². The molecule has 0 aliphatic carbocycles. The molecule has 0 N–H and O–H groups in total. The maximum absolute atomic E-state index is 13.0. The van der Waals surface area contributed by atoms with Crippen molar-refractivity contribution in [2.75, 3.05) is 19.7 Å². The molecule has 0 spiro atoms. The molecule has 1 aliphatic rings. The lowest BCUT2D eigenvalue weighted by Gasteiger charge is -2.26. The highest BCUT2D eigenvalue weighted by atomic mass is 32.2. The number of hydrogen-bond acceptors (Lipinski definition) is 5. The van der Waals surface area contributed by atoms with Crippen molar-refractivity contribution in [1.29, 1.82) is 5.26 Å². The van der Waals surface area contributed by atoms with E-state index in [0.29, 0.717) is 60.3 Å². The van der Waals surface area contributed by atoms with Crippen molar-refractivity contribution in [2.24, 2.45) is 0 Å². The van der Waals surface area contributed by atoms with Crippen LogP contribution in [0.5, 0.6) is 5.75 Å². The fourth-order valence-corrected chi connectivity index (χ4v) is 5.43. The van der Waals surface area contributed by atoms with Crippen LogP contribution in [0.2, 0.25) is 0 Å². The summed E-state index contributed by atoms with van der Waals surface area (Å²) < 4.78 is 35.1. The highest BCUT2D eigenvalue weighted by Crippen LogP contribution is 2.26. The summed E-state index contributed by atoms with van der Waals surface area (Å²) in [5.74, 6) is 0.709. The van der Waals surface area contributed by atoms with Gasteiger partial charge in [-0.15, -0.1) is 0 Å².